The summed E-state index contributed by atoms with van der Waals surface area (Å²) in [4.78, 5) is 28.3. The summed E-state index contributed by atoms with van der Waals surface area (Å²) in [6, 6.07) is 10.1. The van der Waals surface area contributed by atoms with Gasteiger partial charge in [-0.2, -0.15) is 0 Å². The number of aliphatic carboxylic acids is 1. The smallest absolute Gasteiger partial charge is 0.317 e. The van der Waals surface area contributed by atoms with Crippen molar-refractivity contribution in [2.24, 2.45) is 11.8 Å². The molecule has 2 saturated heterocycles. The number of nitrogens with zero attached hydrogens (tertiary/aromatic N) is 2. The zero-order valence-electron chi connectivity index (χ0n) is 16.5. The Morgan fingerprint density at radius 2 is 1.93 bits per heavy atom. The van der Waals surface area contributed by atoms with E-state index in [1.807, 2.05) is 25.1 Å². The first-order chi connectivity index (χ1) is 13.5. The van der Waals surface area contributed by atoms with Crippen molar-refractivity contribution in [3.05, 3.63) is 35.9 Å². The molecule has 154 valence electrons. The Morgan fingerprint density at radius 1 is 1.21 bits per heavy atom. The lowest BCUT2D eigenvalue weighted by Crippen LogP contribution is -2.54. The Kier molecular flexibility index (Phi) is 7.28. The fourth-order valence-electron chi connectivity index (χ4n) is 4.12. The van der Waals surface area contributed by atoms with E-state index in [-0.39, 0.29) is 23.9 Å². The summed E-state index contributed by atoms with van der Waals surface area (Å²) in [7, 11) is 0. The molecular weight excluding hydrogens is 358 g/mol. The number of carboxylic acids is 1. The first kappa shape index (κ1) is 20.6. The highest BCUT2D eigenvalue weighted by Crippen LogP contribution is 2.23. The third-order valence-electron chi connectivity index (χ3n) is 5.74. The molecule has 0 saturated carbocycles. The lowest BCUT2D eigenvalue weighted by molar-refractivity contribution is -0.145. The van der Waals surface area contributed by atoms with E-state index in [1.165, 1.54) is 5.56 Å². The summed E-state index contributed by atoms with van der Waals surface area (Å²) < 4.78 is 5.43. The van der Waals surface area contributed by atoms with Gasteiger partial charge in [-0.05, 0) is 24.3 Å². The van der Waals surface area contributed by atoms with Crippen molar-refractivity contribution >= 4 is 12.0 Å². The quantitative estimate of drug-likeness (QED) is 0.774. The number of carboxylic acid groups (broad SMARTS) is 1. The van der Waals surface area contributed by atoms with Gasteiger partial charge in [-0.25, -0.2) is 4.79 Å². The predicted octanol–water partition coefficient (Wildman–Crippen LogP) is 1.68. The Morgan fingerprint density at radius 3 is 2.57 bits per heavy atom. The van der Waals surface area contributed by atoms with Crippen molar-refractivity contribution in [3.8, 4) is 0 Å². The van der Waals surface area contributed by atoms with Gasteiger partial charge in [0.1, 0.15) is 0 Å². The number of amides is 2. The largest absolute Gasteiger partial charge is 0.481 e. The zero-order valence-corrected chi connectivity index (χ0v) is 16.5. The highest BCUT2D eigenvalue weighted by atomic mass is 16.5. The SMILES string of the molecule is CC1CN(C(=O)NC(Cc2ccccc2)CN2CCOCC2)CCC1C(=O)O. The second-order valence-electron chi connectivity index (χ2n) is 7.91. The van der Waals surface area contributed by atoms with E-state index in [9.17, 15) is 14.7 Å². The number of ether oxygens (including phenoxy) is 1. The topological polar surface area (TPSA) is 82.1 Å². The number of hydrogen-bond acceptors (Lipinski definition) is 4. The normalized spacial score (nSPS) is 24.5. The average Bonchev–Trinajstić information content (AvgIpc) is 2.69. The van der Waals surface area contributed by atoms with Crippen LogP contribution in [0.25, 0.3) is 0 Å². The molecule has 0 spiro atoms. The van der Waals surface area contributed by atoms with Crippen LogP contribution in [0.5, 0.6) is 0 Å². The standard InChI is InChI=1S/C21H31N3O4/c1-16-14-24(8-7-19(16)20(25)26)21(27)22-18(13-17-5-3-2-4-6-17)15-23-9-11-28-12-10-23/h2-6,16,18-19H,7-15H2,1H3,(H,22,27)(H,25,26). The van der Waals surface area contributed by atoms with Gasteiger partial charge < -0.3 is 20.1 Å². The highest BCUT2D eigenvalue weighted by molar-refractivity contribution is 5.76. The summed E-state index contributed by atoms with van der Waals surface area (Å²) in [6.45, 7) is 6.88. The minimum Gasteiger partial charge on any atom is -0.481 e. The second kappa shape index (κ2) is 9.89. The minimum atomic E-state index is -0.762. The molecule has 7 heteroatoms. The molecule has 2 heterocycles. The molecule has 0 aromatic heterocycles. The molecule has 1 aromatic carbocycles. The summed E-state index contributed by atoms with van der Waals surface area (Å²) in [5.41, 5.74) is 1.19. The van der Waals surface area contributed by atoms with Gasteiger partial charge in [0.15, 0.2) is 0 Å². The first-order valence-electron chi connectivity index (χ1n) is 10.1. The number of likely N-dealkylation sites (tertiary alicyclic amines) is 1. The van der Waals surface area contributed by atoms with Crippen LogP contribution in [-0.4, -0.2) is 78.9 Å². The molecule has 3 atom stereocenters. The molecule has 1 aromatic rings. The highest BCUT2D eigenvalue weighted by Gasteiger charge is 2.33. The maximum absolute atomic E-state index is 12.9. The van der Waals surface area contributed by atoms with Crippen LogP contribution in [0.15, 0.2) is 30.3 Å². The summed E-state index contributed by atoms with van der Waals surface area (Å²) in [6.07, 6.45) is 1.28. The van der Waals surface area contributed by atoms with E-state index in [1.54, 1.807) is 4.90 Å². The fourth-order valence-corrected chi connectivity index (χ4v) is 4.12. The average molecular weight is 389 g/mol. The number of piperidine rings is 1. The van der Waals surface area contributed by atoms with Crippen LogP contribution in [0, 0.1) is 11.8 Å². The third kappa shape index (κ3) is 5.69. The molecule has 7 nitrogen and oxygen atoms in total. The number of carbonyl (C=O) groups is 2. The lowest BCUT2D eigenvalue weighted by Gasteiger charge is -2.37. The van der Waals surface area contributed by atoms with Gasteiger partial charge in [0.05, 0.1) is 19.1 Å². The van der Waals surface area contributed by atoms with Gasteiger partial charge in [-0.1, -0.05) is 37.3 Å². The summed E-state index contributed by atoms with van der Waals surface area (Å²) in [5.74, 6) is -1.16. The van der Waals surface area contributed by atoms with E-state index >= 15 is 0 Å². The third-order valence-corrected chi connectivity index (χ3v) is 5.74. The summed E-state index contributed by atoms with van der Waals surface area (Å²) in [5, 5.41) is 12.5. The molecule has 3 unspecified atom stereocenters. The van der Waals surface area contributed by atoms with Crippen LogP contribution in [0.2, 0.25) is 0 Å². The van der Waals surface area contributed by atoms with Gasteiger partial charge in [0.2, 0.25) is 0 Å². The number of hydrogen-bond donors (Lipinski definition) is 2. The molecule has 0 radical (unpaired) electrons. The molecule has 0 bridgehead atoms. The van der Waals surface area contributed by atoms with Gasteiger partial charge in [0.25, 0.3) is 0 Å². The number of morpholine rings is 1. The van der Waals surface area contributed by atoms with Crippen molar-refractivity contribution in [1.82, 2.24) is 15.1 Å². The van der Waals surface area contributed by atoms with Gasteiger partial charge in [0, 0.05) is 38.8 Å². The van der Waals surface area contributed by atoms with E-state index in [4.69, 9.17) is 4.74 Å². The fraction of sp³-hybridized carbons (Fsp3) is 0.619. The van der Waals surface area contributed by atoms with Crippen molar-refractivity contribution in [2.45, 2.75) is 25.8 Å². The maximum atomic E-state index is 12.9. The first-order valence-corrected chi connectivity index (χ1v) is 10.1. The van der Waals surface area contributed by atoms with Crippen molar-refractivity contribution < 1.29 is 19.4 Å². The molecule has 0 aliphatic carbocycles. The van der Waals surface area contributed by atoms with Crippen LogP contribution in [0.1, 0.15) is 18.9 Å². The Hall–Kier alpha value is -2.12. The molecule has 2 N–H and O–H groups in total. The van der Waals surface area contributed by atoms with Crippen LogP contribution in [-0.2, 0) is 16.0 Å². The zero-order chi connectivity index (χ0) is 19.9. The van der Waals surface area contributed by atoms with Crippen LogP contribution < -0.4 is 5.32 Å². The molecule has 2 fully saturated rings. The van der Waals surface area contributed by atoms with E-state index < -0.39 is 5.97 Å². The van der Waals surface area contributed by atoms with Crippen LogP contribution in [0.3, 0.4) is 0 Å². The van der Waals surface area contributed by atoms with Gasteiger partial charge >= 0.3 is 12.0 Å². The Bertz CT molecular complexity index is 648. The molecule has 2 aliphatic rings. The molecule has 28 heavy (non-hydrogen) atoms. The molecule has 3 rings (SSSR count). The van der Waals surface area contributed by atoms with Gasteiger partial charge in [-0.15, -0.1) is 0 Å². The van der Waals surface area contributed by atoms with E-state index in [0.717, 1.165) is 39.3 Å². The minimum absolute atomic E-state index is 0.000466. The Labute approximate surface area is 166 Å². The van der Waals surface area contributed by atoms with E-state index in [2.05, 4.69) is 22.3 Å². The number of rotatable bonds is 6. The number of carbonyl (C=O) groups excluding carboxylic acids is 1. The van der Waals surface area contributed by atoms with Crippen molar-refractivity contribution in [3.63, 3.8) is 0 Å². The number of nitrogens with one attached hydrogen (secondary N) is 1. The molecular formula is C21H31N3O4. The second-order valence-corrected chi connectivity index (χ2v) is 7.91. The summed E-state index contributed by atoms with van der Waals surface area (Å²) >= 11 is 0. The number of urea groups is 1. The monoisotopic (exact) mass is 389 g/mol. The van der Waals surface area contributed by atoms with Crippen molar-refractivity contribution in [2.75, 3.05) is 45.9 Å². The lowest BCUT2D eigenvalue weighted by atomic mass is 9.87. The molecule has 2 amide bonds. The predicted molar refractivity (Wildman–Crippen MR) is 106 cm³/mol. The van der Waals surface area contributed by atoms with Crippen molar-refractivity contribution in [1.29, 1.82) is 0 Å². The maximum Gasteiger partial charge on any atom is 0.317 e. The van der Waals surface area contributed by atoms with Crippen LogP contribution in [0.4, 0.5) is 4.79 Å². The van der Waals surface area contributed by atoms with E-state index in [0.29, 0.717) is 19.5 Å². The van der Waals surface area contributed by atoms with Gasteiger partial charge in [-0.3, -0.25) is 9.69 Å². The molecule has 2 aliphatic heterocycles. The van der Waals surface area contributed by atoms with Crippen LogP contribution >= 0.6 is 0 Å². The Balaban J connectivity index is 1.61. The number of benzene rings is 1.